The molecule has 2 fully saturated rings. The normalized spacial score (nSPS) is 16.2. The van der Waals surface area contributed by atoms with Crippen molar-refractivity contribution in [1.29, 1.82) is 0 Å². The molecule has 1 saturated heterocycles. The Hall–Kier alpha value is -3.16. The summed E-state index contributed by atoms with van der Waals surface area (Å²) < 4.78 is 19.4. The lowest BCUT2D eigenvalue weighted by molar-refractivity contribution is 0.0695. The topological polar surface area (TPSA) is 96.0 Å². The summed E-state index contributed by atoms with van der Waals surface area (Å²) in [6.07, 6.45) is 4.80. The van der Waals surface area contributed by atoms with E-state index in [1.165, 1.54) is 23.6 Å². The van der Waals surface area contributed by atoms with E-state index in [0.717, 1.165) is 18.4 Å². The van der Waals surface area contributed by atoms with Crippen LogP contribution in [-0.2, 0) is 6.67 Å². The number of carboxylic acid groups (broad SMARTS) is 1. The predicted octanol–water partition coefficient (Wildman–Crippen LogP) is 6.00. The molecule has 0 amide bonds. The monoisotopic (exact) mass is 632 g/mol. The number of benzene rings is 2. The summed E-state index contributed by atoms with van der Waals surface area (Å²) in [5.41, 5.74) is 0.671. The number of anilines is 1. The fourth-order valence-corrected chi connectivity index (χ4v) is 6.28. The summed E-state index contributed by atoms with van der Waals surface area (Å²) in [5.74, 6) is -1.85. The molecular weight excluding hydrogens is 610 g/mol. The molecule has 1 N–H and O–H groups in total. The first-order valence-electron chi connectivity index (χ1n) is 12.8. The minimum absolute atomic E-state index is 0.0893. The number of fused-ring (bicyclic) bond motifs is 1. The lowest BCUT2D eigenvalue weighted by atomic mass is 10.1. The molecular formula is C27H23Cl2FN6O3S2. The highest BCUT2D eigenvalue weighted by atomic mass is 35.5. The third-order valence-electron chi connectivity index (χ3n) is 7.19. The van der Waals surface area contributed by atoms with Crippen LogP contribution in [0, 0.1) is 9.77 Å². The maximum absolute atomic E-state index is 15.3. The van der Waals surface area contributed by atoms with Gasteiger partial charge in [0.05, 0.1) is 22.9 Å². The maximum atomic E-state index is 15.3. The highest BCUT2D eigenvalue weighted by Crippen LogP contribution is 2.38. The van der Waals surface area contributed by atoms with Crippen molar-refractivity contribution in [1.82, 2.24) is 19.2 Å². The molecule has 1 saturated carbocycles. The number of hydrogen-bond acceptors (Lipinski definition) is 8. The Balaban J connectivity index is 1.16. The summed E-state index contributed by atoms with van der Waals surface area (Å²) in [6, 6.07) is 8.14. The van der Waals surface area contributed by atoms with Crippen molar-refractivity contribution in [3.05, 3.63) is 77.7 Å². The third kappa shape index (κ3) is 5.80. The van der Waals surface area contributed by atoms with Gasteiger partial charge < -0.3 is 14.6 Å². The van der Waals surface area contributed by atoms with Gasteiger partial charge >= 0.3 is 5.97 Å². The molecule has 0 atom stereocenters. The van der Waals surface area contributed by atoms with Crippen molar-refractivity contribution in [3.63, 3.8) is 0 Å². The zero-order chi connectivity index (χ0) is 28.8. The van der Waals surface area contributed by atoms with Crippen LogP contribution in [0.1, 0.15) is 34.8 Å². The van der Waals surface area contributed by atoms with Crippen LogP contribution < -0.4 is 10.3 Å². The first-order valence-corrected chi connectivity index (χ1v) is 14.8. The third-order valence-corrected chi connectivity index (χ3v) is 8.97. The number of aromatic carboxylic acids is 1. The van der Waals surface area contributed by atoms with E-state index in [0.29, 0.717) is 63.2 Å². The molecule has 0 unspecified atom stereocenters. The minimum Gasteiger partial charge on any atom is -0.477 e. The second kappa shape index (κ2) is 11.3. The molecule has 3 heterocycles. The summed E-state index contributed by atoms with van der Waals surface area (Å²) in [4.78, 5) is 32.9. The Bertz CT molecular complexity index is 1830. The van der Waals surface area contributed by atoms with Crippen molar-refractivity contribution in [2.24, 2.45) is 4.99 Å². The van der Waals surface area contributed by atoms with Gasteiger partial charge in [0.15, 0.2) is 3.95 Å². The Kier molecular flexibility index (Phi) is 7.68. The van der Waals surface area contributed by atoms with E-state index in [-0.39, 0.29) is 17.0 Å². The van der Waals surface area contributed by atoms with Crippen molar-refractivity contribution < 1.29 is 14.3 Å². The first kappa shape index (κ1) is 28.0. The largest absolute Gasteiger partial charge is 0.477 e. The highest BCUT2D eigenvalue weighted by molar-refractivity contribution is 7.73. The van der Waals surface area contributed by atoms with Gasteiger partial charge in [-0.3, -0.25) is 9.69 Å². The zero-order valence-electron chi connectivity index (χ0n) is 21.5. The van der Waals surface area contributed by atoms with Gasteiger partial charge in [-0.25, -0.2) is 18.9 Å². The number of aliphatic imine (C=N–C) groups is 1. The fraction of sp³-hybridized carbons (Fsp3) is 0.296. The van der Waals surface area contributed by atoms with E-state index in [4.69, 9.17) is 35.4 Å². The standard InChI is InChI=1S/C27H23Cl2FN6O3S2/c28-16-2-1-15(20(29)9-16)12-31-26-32-36(27(40)41-26)14-33-5-7-34(8-6-33)23-11-22-18(10-21(23)30)24(37)19(25(38)39)13-35(22)17-3-4-17/h1-2,9-13,17H,3-8,14H2,(H,38,39). The SMILES string of the molecule is O=C(O)c1cn(C2CC2)c2cc(N3CCN(Cn4nc(N=Cc5ccc(Cl)cc5Cl)sc4=S)CC3)c(F)cc2c1=O. The van der Waals surface area contributed by atoms with Crippen molar-refractivity contribution in [3.8, 4) is 0 Å². The Labute approximate surface area is 252 Å². The lowest BCUT2D eigenvalue weighted by Gasteiger charge is -2.36. The zero-order valence-corrected chi connectivity index (χ0v) is 24.6. The number of aromatic nitrogens is 3. The van der Waals surface area contributed by atoms with E-state index in [9.17, 15) is 14.7 Å². The van der Waals surface area contributed by atoms with Gasteiger partial charge in [0.1, 0.15) is 11.4 Å². The van der Waals surface area contributed by atoms with Gasteiger partial charge in [0.2, 0.25) is 10.6 Å². The Morgan fingerprint density at radius 2 is 1.95 bits per heavy atom. The number of hydrogen-bond donors (Lipinski definition) is 1. The molecule has 1 aliphatic carbocycles. The molecule has 6 rings (SSSR count). The van der Waals surface area contributed by atoms with Crippen LogP contribution in [0.15, 0.2) is 46.3 Å². The molecule has 0 bridgehead atoms. The number of piperazine rings is 1. The van der Waals surface area contributed by atoms with Gasteiger partial charge in [-0.05, 0) is 49.3 Å². The van der Waals surface area contributed by atoms with Crippen LogP contribution in [0.3, 0.4) is 0 Å². The second-order valence-electron chi connectivity index (χ2n) is 9.96. The number of halogens is 3. The summed E-state index contributed by atoms with van der Waals surface area (Å²) >= 11 is 19.0. The summed E-state index contributed by atoms with van der Waals surface area (Å²) in [7, 11) is 0. The van der Waals surface area contributed by atoms with Gasteiger partial charge in [0, 0.05) is 60.6 Å². The summed E-state index contributed by atoms with van der Waals surface area (Å²) in [6.45, 7) is 2.87. The molecule has 9 nitrogen and oxygen atoms in total. The molecule has 14 heteroatoms. The van der Waals surface area contributed by atoms with E-state index >= 15 is 4.39 Å². The molecule has 212 valence electrons. The van der Waals surface area contributed by atoms with Crippen LogP contribution in [-0.4, -0.2) is 62.7 Å². The fourth-order valence-electron chi connectivity index (χ4n) is 4.90. The van der Waals surface area contributed by atoms with Crippen LogP contribution >= 0.6 is 46.8 Å². The van der Waals surface area contributed by atoms with Crippen molar-refractivity contribution in [2.75, 3.05) is 31.1 Å². The van der Waals surface area contributed by atoms with Gasteiger partial charge in [-0.15, -0.1) is 5.10 Å². The van der Waals surface area contributed by atoms with E-state index in [1.807, 2.05) is 9.47 Å². The molecule has 4 aromatic rings. The molecule has 1 aliphatic heterocycles. The van der Waals surface area contributed by atoms with Crippen LogP contribution in [0.4, 0.5) is 15.2 Å². The van der Waals surface area contributed by atoms with Crippen molar-refractivity contribution in [2.45, 2.75) is 25.6 Å². The van der Waals surface area contributed by atoms with Gasteiger partial charge in [-0.2, -0.15) is 0 Å². The smallest absolute Gasteiger partial charge is 0.341 e. The first-order chi connectivity index (χ1) is 19.7. The number of carbonyl (C=O) groups is 1. The molecule has 2 aromatic carbocycles. The quantitative estimate of drug-likeness (QED) is 0.197. The van der Waals surface area contributed by atoms with Crippen molar-refractivity contribution >= 4 is 80.7 Å². The Morgan fingerprint density at radius 3 is 2.63 bits per heavy atom. The Morgan fingerprint density at radius 1 is 1.20 bits per heavy atom. The highest BCUT2D eigenvalue weighted by Gasteiger charge is 2.28. The molecule has 2 aliphatic rings. The predicted molar refractivity (Wildman–Crippen MR) is 162 cm³/mol. The molecule has 2 aromatic heterocycles. The van der Waals surface area contributed by atoms with E-state index in [2.05, 4.69) is 15.0 Å². The van der Waals surface area contributed by atoms with Crippen LogP contribution in [0.2, 0.25) is 10.0 Å². The average Bonchev–Trinajstić information content (AvgIpc) is 3.72. The van der Waals surface area contributed by atoms with E-state index < -0.39 is 17.2 Å². The summed E-state index contributed by atoms with van der Waals surface area (Å²) in [5, 5.41) is 15.6. The van der Waals surface area contributed by atoms with Crippen LogP contribution in [0.5, 0.6) is 0 Å². The van der Waals surface area contributed by atoms with Crippen LogP contribution in [0.25, 0.3) is 10.9 Å². The molecule has 0 radical (unpaired) electrons. The lowest BCUT2D eigenvalue weighted by Crippen LogP contribution is -2.47. The number of pyridine rings is 1. The number of carboxylic acids is 1. The van der Waals surface area contributed by atoms with Gasteiger partial charge in [0.25, 0.3) is 0 Å². The number of rotatable bonds is 7. The van der Waals surface area contributed by atoms with E-state index in [1.54, 1.807) is 35.2 Å². The maximum Gasteiger partial charge on any atom is 0.341 e. The molecule has 0 spiro atoms. The molecule has 41 heavy (non-hydrogen) atoms. The minimum atomic E-state index is -1.31. The number of nitrogens with zero attached hydrogens (tertiary/aromatic N) is 6. The van der Waals surface area contributed by atoms with Gasteiger partial charge in [-0.1, -0.05) is 40.6 Å². The second-order valence-corrected chi connectivity index (χ2v) is 12.4. The average molecular weight is 634 g/mol.